The number of hydrogen-bond donors (Lipinski definition) is 1. The molecule has 0 fully saturated rings. The molecule has 0 saturated carbocycles. The Hall–Kier alpha value is -1.74. The molecule has 1 aliphatic rings. The summed E-state index contributed by atoms with van der Waals surface area (Å²) < 4.78 is 7.93. The normalized spacial score (nSPS) is 16.9. The molecule has 0 unspecified atom stereocenters. The molecule has 142 valence electrons. The zero-order valence-corrected chi connectivity index (χ0v) is 17.8. The van der Waals surface area contributed by atoms with Crippen LogP contribution in [0.1, 0.15) is 29.8 Å². The number of aromatic nitrogens is 2. The Morgan fingerprint density at radius 2 is 2.11 bits per heavy atom. The predicted molar refractivity (Wildman–Crippen MR) is 115 cm³/mol. The average molecular weight is 419 g/mol. The summed E-state index contributed by atoms with van der Waals surface area (Å²) in [5.74, 6) is 0.835. The topological polar surface area (TPSA) is 42.3 Å². The number of benzene rings is 1. The van der Waals surface area contributed by atoms with Crippen molar-refractivity contribution >= 4 is 45.7 Å². The standard InChI is InChI=1S/C19H22N4OS3/c1-3-16-15-9-11-26-17(15)8-10-22(16)12-23-19(25)27-18(21-23)20-13-4-6-14(24-2)7-5-13/h4-7,9,11,16H,3,8,10,12H2,1-2H3,(H,20,21)/t16-/m1/s1. The minimum absolute atomic E-state index is 0.446. The van der Waals surface area contributed by atoms with Gasteiger partial charge in [-0.1, -0.05) is 18.3 Å². The highest BCUT2D eigenvalue weighted by molar-refractivity contribution is 7.73. The van der Waals surface area contributed by atoms with E-state index >= 15 is 0 Å². The van der Waals surface area contributed by atoms with Crippen LogP contribution in [0.4, 0.5) is 10.8 Å². The maximum atomic E-state index is 5.57. The van der Waals surface area contributed by atoms with Crippen molar-refractivity contribution in [1.29, 1.82) is 0 Å². The summed E-state index contributed by atoms with van der Waals surface area (Å²) in [6.07, 6.45) is 2.20. The van der Waals surface area contributed by atoms with Crippen LogP contribution in [0, 0.1) is 3.95 Å². The Morgan fingerprint density at radius 3 is 2.85 bits per heavy atom. The van der Waals surface area contributed by atoms with Crippen molar-refractivity contribution in [2.75, 3.05) is 19.0 Å². The monoisotopic (exact) mass is 418 g/mol. The molecule has 1 aromatic carbocycles. The van der Waals surface area contributed by atoms with Crippen LogP contribution >= 0.6 is 34.9 Å². The molecule has 3 heterocycles. The van der Waals surface area contributed by atoms with E-state index < -0.39 is 0 Å². The summed E-state index contributed by atoms with van der Waals surface area (Å²) >= 11 is 8.95. The maximum absolute atomic E-state index is 5.57. The minimum atomic E-state index is 0.446. The van der Waals surface area contributed by atoms with Gasteiger partial charge in [-0.3, -0.25) is 4.90 Å². The molecule has 8 heteroatoms. The molecule has 2 aromatic heterocycles. The smallest absolute Gasteiger partial charge is 0.209 e. The molecule has 0 bridgehead atoms. The van der Waals surface area contributed by atoms with Gasteiger partial charge in [0, 0.05) is 23.2 Å². The summed E-state index contributed by atoms with van der Waals surface area (Å²) in [6, 6.07) is 10.5. The van der Waals surface area contributed by atoms with E-state index in [9.17, 15) is 0 Å². The number of fused-ring (bicyclic) bond motifs is 1. The summed E-state index contributed by atoms with van der Waals surface area (Å²) in [4.78, 5) is 4.02. The first-order valence-electron chi connectivity index (χ1n) is 8.97. The highest BCUT2D eigenvalue weighted by atomic mass is 32.1. The number of nitrogens with one attached hydrogen (secondary N) is 1. The minimum Gasteiger partial charge on any atom is -0.497 e. The molecule has 5 nitrogen and oxygen atoms in total. The van der Waals surface area contributed by atoms with Crippen molar-refractivity contribution in [2.45, 2.75) is 32.5 Å². The zero-order valence-electron chi connectivity index (χ0n) is 15.3. The Labute approximate surface area is 172 Å². The summed E-state index contributed by atoms with van der Waals surface area (Å²) in [7, 11) is 1.67. The van der Waals surface area contributed by atoms with Crippen molar-refractivity contribution in [1.82, 2.24) is 14.7 Å². The third kappa shape index (κ3) is 3.94. The second-order valence-electron chi connectivity index (χ2n) is 6.45. The summed E-state index contributed by atoms with van der Waals surface area (Å²) in [6.45, 7) is 4.03. The number of thiophene rings is 1. The number of nitrogens with zero attached hydrogens (tertiary/aromatic N) is 3. The first-order valence-corrected chi connectivity index (χ1v) is 11.1. The SMILES string of the molecule is CC[C@@H]1c2ccsc2CCN1Cn1nc(Nc2ccc(OC)cc2)sc1=S. The van der Waals surface area contributed by atoms with Gasteiger partial charge in [0.1, 0.15) is 5.75 Å². The van der Waals surface area contributed by atoms with Crippen molar-refractivity contribution in [2.24, 2.45) is 0 Å². The molecule has 0 radical (unpaired) electrons. The van der Waals surface area contributed by atoms with Gasteiger partial charge in [-0.15, -0.1) is 16.4 Å². The predicted octanol–water partition coefficient (Wildman–Crippen LogP) is 5.45. The van der Waals surface area contributed by atoms with Crippen molar-refractivity contribution in [3.05, 3.63) is 50.1 Å². The van der Waals surface area contributed by atoms with Gasteiger partial charge in [0.05, 0.1) is 13.8 Å². The van der Waals surface area contributed by atoms with Gasteiger partial charge < -0.3 is 10.1 Å². The van der Waals surface area contributed by atoms with E-state index in [4.69, 9.17) is 22.1 Å². The molecule has 1 atom stereocenters. The fourth-order valence-electron chi connectivity index (χ4n) is 3.51. The fourth-order valence-corrected chi connectivity index (χ4v) is 5.45. The van der Waals surface area contributed by atoms with Crippen LogP contribution < -0.4 is 10.1 Å². The molecule has 1 N–H and O–H groups in total. The summed E-state index contributed by atoms with van der Waals surface area (Å²) in [5, 5.41) is 11.1. The van der Waals surface area contributed by atoms with Gasteiger partial charge in [-0.2, -0.15) is 0 Å². The number of hydrogen-bond acceptors (Lipinski definition) is 7. The number of rotatable bonds is 6. The van der Waals surface area contributed by atoms with Crippen LogP contribution in [0.25, 0.3) is 0 Å². The van der Waals surface area contributed by atoms with E-state index in [1.165, 1.54) is 21.8 Å². The first-order chi connectivity index (χ1) is 13.2. The Bertz CT molecular complexity index is 960. The molecular formula is C19H22N4OS3. The van der Waals surface area contributed by atoms with Gasteiger partial charge in [0.25, 0.3) is 0 Å². The molecular weight excluding hydrogens is 396 g/mol. The van der Waals surface area contributed by atoms with E-state index in [0.717, 1.165) is 46.6 Å². The van der Waals surface area contributed by atoms with Crippen molar-refractivity contribution in [3.8, 4) is 5.75 Å². The van der Waals surface area contributed by atoms with E-state index in [-0.39, 0.29) is 0 Å². The van der Waals surface area contributed by atoms with Gasteiger partial charge in [-0.25, -0.2) is 4.68 Å². The van der Waals surface area contributed by atoms with Gasteiger partial charge >= 0.3 is 0 Å². The lowest BCUT2D eigenvalue weighted by atomic mass is 9.98. The number of ether oxygens (including phenoxy) is 1. The van der Waals surface area contributed by atoms with Crippen LogP contribution in [-0.2, 0) is 13.1 Å². The maximum Gasteiger partial charge on any atom is 0.209 e. The zero-order chi connectivity index (χ0) is 18.8. The molecule has 0 spiro atoms. The third-order valence-corrected chi connectivity index (χ3v) is 7.08. The Balaban J connectivity index is 1.49. The van der Waals surface area contributed by atoms with Gasteiger partial charge in [0.2, 0.25) is 5.13 Å². The van der Waals surface area contributed by atoms with E-state index in [2.05, 4.69) is 28.6 Å². The summed E-state index contributed by atoms with van der Waals surface area (Å²) in [5.41, 5.74) is 2.45. The van der Waals surface area contributed by atoms with Gasteiger partial charge in [-0.05, 0) is 66.3 Å². The molecule has 0 aliphatic carbocycles. The quantitative estimate of drug-likeness (QED) is 0.539. The van der Waals surface area contributed by atoms with Crippen molar-refractivity contribution < 1.29 is 4.74 Å². The Morgan fingerprint density at radius 1 is 1.30 bits per heavy atom. The molecule has 0 amide bonds. The fraction of sp³-hybridized carbons (Fsp3) is 0.368. The van der Waals surface area contributed by atoms with Gasteiger partial charge in [0.15, 0.2) is 3.95 Å². The van der Waals surface area contributed by atoms with Crippen molar-refractivity contribution in [3.63, 3.8) is 0 Å². The van der Waals surface area contributed by atoms with Crippen LogP contribution in [0.15, 0.2) is 35.7 Å². The lowest BCUT2D eigenvalue weighted by molar-refractivity contribution is 0.130. The van der Waals surface area contributed by atoms with E-state index in [0.29, 0.717) is 6.04 Å². The number of methoxy groups -OCH3 is 1. The van der Waals surface area contributed by atoms with E-state index in [1.54, 1.807) is 7.11 Å². The average Bonchev–Trinajstić information content (AvgIpc) is 3.29. The molecule has 3 aromatic rings. The highest BCUT2D eigenvalue weighted by Crippen LogP contribution is 2.35. The Kier molecular flexibility index (Phi) is 5.58. The molecule has 0 saturated heterocycles. The van der Waals surface area contributed by atoms with Crippen LogP contribution in [-0.4, -0.2) is 28.3 Å². The highest BCUT2D eigenvalue weighted by Gasteiger charge is 2.27. The van der Waals surface area contributed by atoms with Crippen LogP contribution in [0.3, 0.4) is 0 Å². The molecule has 4 rings (SSSR count). The molecule has 1 aliphatic heterocycles. The first kappa shape index (κ1) is 18.6. The van der Waals surface area contributed by atoms with Crippen LogP contribution in [0.2, 0.25) is 0 Å². The van der Waals surface area contributed by atoms with Crippen LogP contribution in [0.5, 0.6) is 5.75 Å². The second kappa shape index (κ2) is 8.10. The number of anilines is 2. The van der Waals surface area contributed by atoms with E-state index in [1.807, 2.05) is 40.3 Å². The largest absolute Gasteiger partial charge is 0.497 e. The molecule has 27 heavy (non-hydrogen) atoms. The second-order valence-corrected chi connectivity index (χ2v) is 9.08. The lowest BCUT2D eigenvalue weighted by Crippen LogP contribution is -2.36. The third-order valence-electron chi connectivity index (χ3n) is 4.86. The lowest BCUT2D eigenvalue weighted by Gasteiger charge is -2.35.